The fourth-order valence-corrected chi connectivity index (χ4v) is 4.42. The van der Waals surface area contributed by atoms with E-state index >= 15 is 0 Å². The van der Waals surface area contributed by atoms with Crippen LogP contribution in [0.25, 0.3) is 16.6 Å². The Bertz CT molecular complexity index is 1220. The highest BCUT2D eigenvalue weighted by Gasteiger charge is 2.31. The molecular formula is C24H30FN5O4. The number of fused-ring (bicyclic) bond motifs is 1. The molecule has 3 N–H and O–H groups in total. The van der Waals surface area contributed by atoms with Crippen LogP contribution < -0.4 is 10.5 Å². The van der Waals surface area contributed by atoms with Crippen molar-refractivity contribution in [3.05, 3.63) is 41.6 Å². The van der Waals surface area contributed by atoms with Gasteiger partial charge in [-0.05, 0) is 57.4 Å². The lowest BCUT2D eigenvalue weighted by atomic mass is 9.94. The number of amides is 1. The molecule has 2 aromatic heterocycles. The van der Waals surface area contributed by atoms with Crippen LogP contribution in [0.2, 0.25) is 0 Å². The van der Waals surface area contributed by atoms with E-state index < -0.39 is 18.0 Å². The number of likely N-dealkylation sites (tertiary alicyclic amines) is 1. The van der Waals surface area contributed by atoms with E-state index in [9.17, 15) is 14.3 Å². The second-order valence-corrected chi connectivity index (χ2v) is 9.45. The molecule has 1 aromatic carbocycles. The number of nitrogens with zero attached hydrogens (tertiary/aromatic N) is 4. The Morgan fingerprint density at radius 1 is 1.32 bits per heavy atom. The minimum absolute atomic E-state index is 0.0275. The summed E-state index contributed by atoms with van der Waals surface area (Å²) in [4.78, 5) is 18.5. The summed E-state index contributed by atoms with van der Waals surface area (Å²) >= 11 is 0. The number of aliphatic hydroxyl groups excluding tert-OH is 1. The van der Waals surface area contributed by atoms with Crippen molar-refractivity contribution in [2.24, 2.45) is 0 Å². The van der Waals surface area contributed by atoms with Crippen LogP contribution in [0.1, 0.15) is 50.8 Å². The summed E-state index contributed by atoms with van der Waals surface area (Å²) in [6.07, 6.45) is 2.68. The van der Waals surface area contributed by atoms with Gasteiger partial charge in [-0.25, -0.2) is 18.7 Å². The second kappa shape index (κ2) is 9.09. The van der Waals surface area contributed by atoms with Crippen molar-refractivity contribution in [1.29, 1.82) is 0 Å². The first-order chi connectivity index (χ1) is 16.1. The topological polar surface area (TPSA) is 115 Å². The minimum atomic E-state index is -0.582. The molecule has 10 heteroatoms. The number of piperidine rings is 1. The van der Waals surface area contributed by atoms with E-state index in [1.807, 2.05) is 26.8 Å². The number of aliphatic hydroxyl groups is 1. The third-order valence-electron chi connectivity index (χ3n) is 5.95. The van der Waals surface area contributed by atoms with Crippen molar-refractivity contribution < 1.29 is 23.8 Å². The van der Waals surface area contributed by atoms with Crippen LogP contribution in [-0.2, 0) is 11.3 Å². The molecule has 34 heavy (non-hydrogen) atoms. The SMILES string of the molecule is COc1cc(-c2cc(C3CCCN(C(=O)OC(C)(C)C)C3)n3ncnc(N)c23)cc(F)c1CO. The number of rotatable bonds is 4. The van der Waals surface area contributed by atoms with E-state index in [0.29, 0.717) is 29.7 Å². The number of ether oxygens (including phenoxy) is 2. The molecule has 3 heterocycles. The van der Waals surface area contributed by atoms with Crippen molar-refractivity contribution in [2.45, 2.75) is 51.7 Å². The molecule has 9 nitrogen and oxygen atoms in total. The Morgan fingerprint density at radius 2 is 2.09 bits per heavy atom. The Balaban J connectivity index is 1.77. The average Bonchev–Trinajstić information content (AvgIpc) is 3.18. The number of methoxy groups -OCH3 is 1. The molecule has 182 valence electrons. The standard InChI is InChI=1S/C24H30FN5O4/c1-24(2,3)34-23(32)29-7-5-6-14(11-29)19-10-16(21-22(26)27-13-28-30(19)21)15-8-18(25)17(12-31)20(9-15)33-4/h8-10,13-14,31H,5-7,11-12H2,1-4H3,(H2,26,27,28). The number of benzene rings is 1. The monoisotopic (exact) mass is 471 g/mol. The first kappa shape index (κ1) is 23.7. The van der Waals surface area contributed by atoms with Gasteiger partial charge in [0.2, 0.25) is 0 Å². The van der Waals surface area contributed by atoms with Gasteiger partial charge in [0, 0.05) is 30.3 Å². The van der Waals surface area contributed by atoms with Crippen LogP contribution in [0.3, 0.4) is 0 Å². The van der Waals surface area contributed by atoms with Crippen LogP contribution in [-0.4, -0.2) is 56.5 Å². The second-order valence-electron chi connectivity index (χ2n) is 9.45. The number of nitrogen functional groups attached to an aromatic ring is 1. The maximum Gasteiger partial charge on any atom is 0.410 e. The summed E-state index contributed by atoms with van der Waals surface area (Å²) in [5.74, 6) is -0.119. The summed E-state index contributed by atoms with van der Waals surface area (Å²) < 4.78 is 27.3. The maximum atomic E-state index is 14.8. The molecular weight excluding hydrogens is 441 g/mol. The van der Waals surface area contributed by atoms with Crippen LogP contribution >= 0.6 is 0 Å². The van der Waals surface area contributed by atoms with Crippen molar-refractivity contribution >= 4 is 17.4 Å². The lowest BCUT2D eigenvalue weighted by molar-refractivity contribution is 0.0196. The number of hydrogen-bond donors (Lipinski definition) is 2. The Labute approximate surface area is 197 Å². The number of hydrogen-bond acceptors (Lipinski definition) is 7. The fraction of sp³-hybridized carbons (Fsp3) is 0.458. The zero-order chi connectivity index (χ0) is 24.6. The summed E-state index contributed by atoms with van der Waals surface area (Å²) in [5, 5.41) is 13.9. The minimum Gasteiger partial charge on any atom is -0.496 e. The van der Waals surface area contributed by atoms with Crippen molar-refractivity contribution in [3.8, 4) is 16.9 Å². The molecule has 0 spiro atoms. The third-order valence-corrected chi connectivity index (χ3v) is 5.95. The van der Waals surface area contributed by atoms with Gasteiger partial charge in [-0.15, -0.1) is 0 Å². The highest BCUT2D eigenvalue weighted by molar-refractivity contribution is 5.89. The maximum absolute atomic E-state index is 14.8. The van der Waals surface area contributed by atoms with Gasteiger partial charge in [0.15, 0.2) is 5.82 Å². The van der Waals surface area contributed by atoms with Crippen molar-refractivity contribution in [3.63, 3.8) is 0 Å². The van der Waals surface area contributed by atoms with Crippen molar-refractivity contribution in [2.75, 3.05) is 25.9 Å². The lowest BCUT2D eigenvalue weighted by Crippen LogP contribution is -2.42. The van der Waals surface area contributed by atoms with E-state index in [4.69, 9.17) is 15.2 Å². The molecule has 0 bridgehead atoms. The zero-order valence-electron chi connectivity index (χ0n) is 19.8. The van der Waals surface area contributed by atoms with E-state index in [1.54, 1.807) is 15.5 Å². The molecule has 1 atom stereocenters. The molecule has 1 aliphatic rings. The fourth-order valence-electron chi connectivity index (χ4n) is 4.42. The number of carbonyl (C=O) groups is 1. The normalized spacial score (nSPS) is 16.6. The predicted octanol–water partition coefficient (Wildman–Crippen LogP) is 3.73. The number of aromatic nitrogens is 3. The van der Waals surface area contributed by atoms with Crippen LogP contribution in [0.15, 0.2) is 24.5 Å². The number of nitrogens with two attached hydrogens (primary N) is 1. The van der Waals surface area contributed by atoms with Crippen LogP contribution in [0.4, 0.5) is 15.0 Å². The zero-order valence-corrected chi connectivity index (χ0v) is 19.8. The van der Waals surface area contributed by atoms with Gasteiger partial charge < -0.3 is 25.2 Å². The molecule has 1 fully saturated rings. The summed E-state index contributed by atoms with van der Waals surface area (Å²) in [6, 6.07) is 4.91. The van der Waals surface area contributed by atoms with E-state index in [2.05, 4.69) is 10.1 Å². The number of carbonyl (C=O) groups excluding carboxylic acids is 1. The van der Waals surface area contributed by atoms with Gasteiger partial charge in [0.05, 0.1) is 19.3 Å². The molecule has 1 amide bonds. The van der Waals surface area contributed by atoms with Crippen molar-refractivity contribution in [1.82, 2.24) is 19.5 Å². The number of halogens is 1. The van der Waals surface area contributed by atoms with E-state index in [0.717, 1.165) is 18.5 Å². The molecule has 0 aliphatic carbocycles. The smallest absolute Gasteiger partial charge is 0.410 e. The average molecular weight is 472 g/mol. The molecule has 1 saturated heterocycles. The Kier molecular flexibility index (Phi) is 6.35. The first-order valence-corrected chi connectivity index (χ1v) is 11.2. The van der Waals surface area contributed by atoms with E-state index in [-0.39, 0.29) is 29.1 Å². The highest BCUT2D eigenvalue weighted by Crippen LogP contribution is 2.38. The van der Waals surface area contributed by atoms with Gasteiger partial charge in [-0.2, -0.15) is 5.10 Å². The Hall–Kier alpha value is -3.40. The summed E-state index contributed by atoms with van der Waals surface area (Å²) in [7, 11) is 1.42. The molecule has 1 aliphatic heterocycles. The van der Waals surface area contributed by atoms with Gasteiger partial charge in [0.1, 0.15) is 29.0 Å². The molecule has 4 rings (SSSR count). The third kappa shape index (κ3) is 4.50. The van der Waals surface area contributed by atoms with Gasteiger partial charge in [0.25, 0.3) is 0 Å². The number of anilines is 1. The van der Waals surface area contributed by atoms with Crippen LogP contribution in [0, 0.1) is 5.82 Å². The highest BCUT2D eigenvalue weighted by atomic mass is 19.1. The lowest BCUT2D eigenvalue weighted by Gasteiger charge is -2.34. The largest absolute Gasteiger partial charge is 0.496 e. The Morgan fingerprint density at radius 3 is 2.76 bits per heavy atom. The summed E-state index contributed by atoms with van der Waals surface area (Å²) in [5.41, 5.74) is 8.29. The molecule has 1 unspecified atom stereocenters. The first-order valence-electron chi connectivity index (χ1n) is 11.2. The van der Waals surface area contributed by atoms with Crippen LogP contribution in [0.5, 0.6) is 5.75 Å². The summed E-state index contributed by atoms with van der Waals surface area (Å²) in [6.45, 7) is 6.12. The van der Waals surface area contributed by atoms with Gasteiger partial charge in [-0.3, -0.25) is 0 Å². The van der Waals surface area contributed by atoms with Gasteiger partial charge >= 0.3 is 6.09 Å². The van der Waals surface area contributed by atoms with Gasteiger partial charge in [-0.1, -0.05) is 0 Å². The molecule has 0 radical (unpaired) electrons. The molecule has 3 aromatic rings. The molecule has 0 saturated carbocycles. The predicted molar refractivity (Wildman–Crippen MR) is 125 cm³/mol. The quantitative estimate of drug-likeness (QED) is 0.596. The van der Waals surface area contributed by atoms with E-state index in [1.165, 1.54) is 19.5 Å².